The number of carbonyl (C=O) groups is 1. The number of nitrogens with zero attached hydrogens (tertiary/aromatic N) is 3. The molecule has 2 aromatic rings. The smallest absolute Gasteiger partial charge is 0.406 e. The summed E-state index contributed by atoms with van der Waals surface area (Å²) in [6, 6.07) is 1.84. The van der Waals surface area contributed by atoms with Crippen molar-refractivity contribution in [3.05, 3.63) is 16.0 Å². The minimum atomic E-state index is -4.34. The number of alkyl halides is 3. The number of anilines is 1. The molecule has 11 heteroatoms. The molecule has 2 aromatic heterocycles. The fourth-order valence-electron chi connectivity index (χ4n) is 2.78. The number of ether oxygens (including phenoxy) is 1. The van der Waals surface area contributed by atoms with Crippen LogP contribution in [0.2, 0.25) is 0 Å². The summed E-state index contributed by atoms with van der Waals surface area (Å²) < 4.78 is 43.9. The molecule has 1 aliphatic carbocycles. The number of carbonyl (C=O) groups excluding carboxylic acids is 1. The normalized spacial score (nSPS) is 15.4. The molecule has 2 N–H and O–H groups in total. The van der Waals surface area contributed by atoms with Gasteiger partial charge in [0, 0.05) is 18.7 Å². The van der Waals surface area contributed by atoms with Crippen LogP contribution in [0, 0.1) is 3.70 Å². The fourth-order valence-corrected chi connectivity index (χ4v) is 3.26. The molecule has 1 fully saturated rings. The summed E-state index contributed by atoms with van der Waals surface area (Å²) in [7, 11) is 0. The minimum absolute atomic E-state index is 0.132. The monoisotopic (exact) mass is 483 g/mol. The highest BCUT2D eigenvalue weighted by Crippen LogP contribution is 2.26. The molecule has 3 rings (SSSR count). The Morgan fingerprint density at radius 3 is 2.81 bits per heavy atom. The number of aromatic nitrogens is 3. The lowest BCUT2D eigenvalue weighted by Crippen LogP contribution is -2.30. The standard InChI is InChI=1S/C15H17F3IN5O2/c16-15(17,18)5-6-20-14(25)26-10-7-12(22-9-3-1-2-4-9)23-24-11(19)8-21-13(10)24/h7-9H,1-6H2,(H,20,25)(H,22,23). The first-order chi connectivity index (χ1) is 12.3. The molecule has 1 saturated carbocycles. The highest BCUT2D eigenvalue weighted by Gasteiger charge is 2.27. The minimum Gasteiger partial charge on any atom is -0.406 e. The number of halogens is 4. The van der Waals surface area contributed by atoms with Gasteiger partial charge in [0.1, 0.15) is 3.70 Å². The van der Waals surface area contributed by atoms with Crippen LogP contribution < -0.4 is 15.4 Å². The predicted molar refractivity (Wildman–Crippen MR) is 96.3 cm³/mol. The first-order valence-electron chi connectivity index (χ1n) is 8.15. The molecule has 142 valence electrons. The zero-order valence-electron chi connectivity index (χ0n) is 13.6. The van der Waals surface area contributed by atoms with Gasteiger partial charge in [0.05, 0.1) is 12.6 Å². The Morgan fingerprint density at radius 2 is 2.12 bits per heavy atom. The van der Waals surface area contributed by atoms with Crippen molar-refractivity contribution in [3.8, 4) is 5.75 Å². The van der Waals surface area contributed by atoms with Gasteiger partial charge in [-0.1, -0.05) is 12.8 Å². The van der Waals surface area contributed by atoms with Gasteiger partial charge in [0.2, 0.25) is 0 Å². The van der Waals surface area contributed by atoms with Crippen molar-refractivity contribution >= 4 is 40.1 Å². The fraction of sp³-hybridized carbons (Fsp3) is 0.533. The molecular formula is C15H17F3IN5O2. The zero-order valence-corrected chi connectivity index (χ0v) is 15.8. The lowest BCUT2D eigenvalue weighted by molar-refractivity contribution is -0.133. The van der Waals surface area contributed by atoms with Gasteiger partial charge in [0.25, 0.3) is 0 Å². The third-order valence-corrected chi connectivity index (χ3v) is 4.72. The average molecular weight is 483 g/mol. The van der Waals surface area contributed by atoms with Crippen LogP contribution in [0.5, 0.6) is 5.75 Å². The molecule has 1 aliphatic rings. The summed E-state index contributed by atoms with van der Waals surface area (Å²) in [5.41, 5.74) is 0.317. The van der Waals surface area contributed by atoms with Crippen LogP contribution >= 0.6 is 22.6 Å². The Labute approximate surface area is 160 Å². The van der Waals surface area contributed by atoms with Crippen LogP contribution in [0.15, 0.2) is 12.3 Å². The maximum atomic E-state index is 12.2. The van der Waals surface area contributed by atoms with Crippen LogP contribution in [0.4, 0.5) is 23.8 Å². The molecule has 7 nitrogen and oxygen atoms in total. The van der Waals surface area contributed by atoms with Gasteiger partial charge in [-0.15, -0.1) is 5.10 Å². The van der Waals surface area contributed by atoms with E-state index in [1.165, 1.54) is 4.52 Å². The lowest BCUT2D eigenvalue weighted by Gasteiger charge is -2.14. The maximum absolute atomic E-state index is 12.2. The van der Waals surface area contributed by atoms with Crippen molar-refractivity contribution in [1.82, 2.24) is 19.9 Å². The van der Waals surface area contributed by atoms with Crippen molar-refractivity contribution in [2.24, 2.45) is 0 Å². The molecule has 0 bridgehead atoms. The van der Waals surface area contributed by atoms with Crippen LogP contribution in [0.3, 0.4) is 0 Å². The van der Waals surface area contributed by atoms with Crippen molar-refractivity contribution < 1.29 is 22.7 Å². The second-order valence-electron chi connectivity index (χ2n) is 6.02. The van der Waals surface area contributed by atoms with Gasteiger partial charge < -0.3 is 15.4 Å². The molecule has 0 radical (unpaired) electrons. The van der Waals surface area contributed by atoms with Gasteiger partial charge in [-0.25, -0.2) is 14.3 Å². The molecular weight excluding hydrogens is 466 g/mol. The Bertz CT molecular complexity index is 789. The third-order valence-electron chi connectivity index (χ3n) is 3.98. The molecule has 2 heterocycles. The third kappa shape index (κ3) is 4.89. The lowest BCUT2D eigenvalue weighted by atomic mass is 10.2. The van der Waals surface area contributed by atoms with E-state index in [2.05, 4.69) is 20.7 Å². The van der Waals surface area contributed by atoms with E-state index in [1.54, 1.807) is 12.3 Å². The van der Waals surface area contributed by atoms with Crippen molar-refractivity contribution in [2.45, 2.75) is 44.3 Å². The summed E-state index contributed by atoms with van der Waals surface area (Å²) in [6.07, 6.45) is -0.494. The van der Waals surface area contributed by atoms with Crippen LogP contribution in [-0.2, 0) is 0 Å². The molecule has 0 unspecified atom stereocenters. The highest BCUT2D eigenvalue weighted by molar-refractivity contribution is 14.1. The van der Waals surface area contributed by atoms with E-state index in [4.69, 9.17) is 4.74 Å². The van der Waals surface area contributed by atoms with E-state index in [9.17, 15) is 18.0 Å². The molecule has 0 saturated heterocycles. The first-order valence-corrected chi connectivity index (χ1v) is 9.23. The van der Waals surface area contributed by atoms with Crippen molar-refractivity contribution in [3.63, 3.8) is 0 Å². The number of hydrogen-bond donors (Lipinski definition) is 2. The Balaban J connectivity index is 1.74. The van der Waals surface area contributed by atoms with E-state index in [0.717, 1.165) is 29.4 Å². The predicted octanol–water partition coefficient (Wildman–Crippen LogP) is 3.73. The van der Waals surface area contributed by atoms with E-state index >= 15 is 0 Å². The maximum Gasteiger partial charge on any atom is 0.412 e. The second-order valence-corrected chi connectivity index (χ2v) is 7.12. The topological polar surface area (TPSA) is 80.5 Å². The van der Waals surface area contributed by atoms with Crippen LogP contribution in [0.1, 0.15) is 32.1 Å². The molecule has 0 atom stereocenters. The molecule has 26 heavy (non-hydrogen) atoms. The van der Waals surface area contributed by atoms with Gasteiger partial charge in [-0.3, -0.25) is 0 Å². The molecule has 0 aromatic carbocycles. The first kappa shape index (κ1) is 19.0. The number of imidazole rings is 1. The van der Waals surface area contributed by atoms with Gasteiger partial charge in [-0.2, -0.15) is 13.2 Å². The summed E-state index contributed by atoms with van der Waals surface area (Å²) in [4.78, 5) is 16.0. The largest absolute Gasteiger partial charge is 0.412 e. The highest BCUT2D eigenvalue weighted by atomic mass is 127. The number of hydrogen-bond acceptors (Lipinski definition) is 5. The summed E-state index contributed by atoms with van der Waals surface area (Å²) >= 11 is 2.05. The Hall–Kier alpha value is -1.79. The van der Waals surface area contributed by atoms with E-state index < -0.39 is 25.2 Å². The Morgan fingerprint density at radius 1 is 1.38 bits per heavy atom. The number of rotatable bonds is 5. The number of fused-ring (bicyclic) bond motifs is 1. The van der Waals surface area contributed by atoms with E-state index in [1.807, 2.05) is 22.6 Å². The van der Waals surface area contributed by atoms with Gasteiger partial charge in [0.15, 0.2) is 17.2 Å². The molecule has 0 aliphatic heterocycles. The van der Waals surface area contributed by atoms with E-state index in [0.29, 0.717) is 17.5 Å². The molecule has 0 spiro atoms. The quantitative estimate of drug-likeness (QED) is 0.634. The number of amides is 1. The van der Waals surface area contributed by atoms with Gasteiger partial charge >= 0.3 is 12.3 Å². The average Bonchev–Trinajstić information content (AvgIpc) is 3.17. The van der Waals surface area contributed by atoms with Gasteiger partial charge in [-0.05, 0) is 35.4 Å². The van der Waals surface area contributed by atoms with Crippen LogP contribution in [-0.4, -0.2) is 39.5 Å². The van der Waals surface area contributed by atoms with E-state index in [-0.39, 0.29) is 5.75 Å². The zero-order chi connectivity index (χ0) is 18.7. The Kier molecular flexibility index (Phi) is 5.73. The van der Waals surface area contributed by atoms with Crippen molar-refractivity contribution in [1.29, 1.82) is 0 Å². The summed E-state index contributed by atoms with van der Waals surface area (Å²) in [5.74, 6) is 0.659. The number of nitrogens with one attached hydrogen (secondary N) is 2. The SMILES string of the molecule is O=C(NCCC(F)(F)F)Oc1cc(NC2CCCC2)nn2c(I)cnc12. The summed E-state index contributed by atoms with van der Waals surface area (Å²) in [5, 5.41) is 9.83. The summed E-state index contributed by atoms with van der Waals surface area (Å²) in [6.45, 7) is -0.553. The van der Waals surface area contributed by atoms with Crippen molar-refractivity contribution in [2.75, 3.05) is 11.9 Å². The van der Waals surface area contributed by atoms with Crippen LogP contribution in [0.25, 0.3) is 5.65 Å². The second kappa shape index (κ2) is 7.84. The molecule has 1 amide bonds.